The first kappa shape index (κ1) is 24.1. The van der Waals surface area contributed by atoms with Gasteiger partial charge >= 0.3 is 0 Å². The molecule has 0 spiro atoms. The fraction of sp³-hybridized carbons (Fsp3) is 0.471. The van der Waals surface area contributed by atoms with Gasteiger partial charge in [-0.25, -0.2) is 8.78 Å². The number of halogens is 4. The van der Waals surface area contributed by atoms with Crippen molar-refractivity contribution < 1.29 is 13.6 Å². The number of piperidine rings is 1. The van der Waals surface area contributed by atoms with Gasteiger partial charge in [0, 0.05) is 37.4 Å². The lowest BCUT2D eigenvalue weighted by atomic mass is 10.0. The van der Waals surface area contributed by atoms with Gasteiger partial charge in [-0.2, -0.15) is 0 Å². The van der Waals surface area contributed by atoms with Crippen molar-refractivity contribution in [3.8, 4) is 0 Å². The molecule has 0 saturated carbocycles. The number of nitrogens with one attached hydrogen (secondary N) is 1. The predicted octanol–water partition coefficient (Wildman–Crippen LogP) is 2.47. The zero-order chi connectivity index (χ0) is 18.5. The number of aryl methyl sites for hydroxylation is 1. The molecule has 0 aliphatic carbocycles. The third kappa shape index (κ3) is 6.02. The molecular weight excluding hydrogens is 413 g/mol. The number of aromatic nitrogens is 3. The minimum Gasteiger partial charge on any atom is -0.380 e. The molecule has 3 N–H and O–H groups in total. The van der Waals surface area contributed by atoms with Crippen LogP contribution in [0, 0.1) is 11.6 Å². The maximum atomic E-state index is 13.3. The third-order valence-corrected chi connectivity index (χ3v) is 4.35. The number of nitrogens with zero attached hydrogens (tertiary/aromatic N) is 4. The molecule has 0 radical (unpaired) electrons. The van der Waals surface area contributed by atoms with E-state index in [-0.39, 0.29) is 36.8 Å². The standard InChI is InChI=1S/C17H22F2N6O.2ClH/c18-14-5-4-12(9-15(14)19)21-13-3-1-7-24(10-13)17(26)16-11-25(23-22-16)8-2-6-20;;/h4-5,9,11,13,21H,1-3,6-8,10,20H2;2*1H. The lowest BCUT2D eigenvalue weighted by molar-refractivity contribution is 0.0708. The van der Waals surface area contributed by atoms with E-state index in [0.29, 0.717) is 37.6 Å². The number of hydrogen-bond acceptors (Lipinski definition) is 5. The highest BCUT2D eigenvalue weighted by Gasteiger charge is 2.26. The van der Waals surface area contributed by atoms with E-state index in [2.05, 4.69) is 15.6 Å². The maximum absolute atomic E-state index is 13.3. The number of carbonyl (C=O) groups is 1. The molecule has 1 aliphatic rings. The van der Waals surface area contributed by atoms with Gasteiger partial charge in [0.25, 0.3) is 5.91 Å². The van der Waals surface area contributed by atoms with Crippen LogP contribution in [-0.2, 0) is 6.54 Å². The SMILES string of the molecule is Cl.Cl.NCCCn1cc(C(=O)N2CCCC(Nc3ccc(F)c(F)c3)C2)nn1. The Bertz CT molecular complexity index is 776. The van der Waals surface area contributed by atoms with Crippen LogP contribution >= 0.6 is 24.8 Å². The second-order valence-electron chi connectivity index (χ2n) is 6.37. The summed E-state index contributed by atoms with van der Waals surface area (Å²) >= 11 is 0. The summed E-state index contributed by atoms with van der Waals surface area (Å²) in [6.45, 7) is 2.27. The molecule has 2 heterocycles. The van der Waals surface area contributed by atoms with Crippen LogP contribution in [0.3, 0.4) is 0 Å². The summed E-state index contributed by atoms with van der Waals surface area (Å²) in [7, 11) is 0. The van der Waals surface area contributed by atoms with Crippen molar-refractivity contribution in [2.45, 2.75) is 31.8 Å². The van der Waals surface area contributed by atoms with E-state index in [4.69, 9.17) is 5.73 Å². The first-order valence-corrected chi connectivity index (χ1v) is 8.68. The van der Waals surface area contributed by atoms with Gasteiger partial charge < -0.3 is 16.0 Å². The summed E-state index contributed by atoms with van der Waals surface area (Å²) in [5.41, 5.74) is 6.27. The van der Waals surface area contributed by atoms with Gasteiger partial charge in [-0.15, -0.1) is 29.9 Å². The minimum absolute atomic E-state index is 0. The number of benzene rings is 1. The van der Waals surface area contributed by atoms with Crippen LogP contribution in [0.1, 0.15) is 29.8 Å². The van der Waals surface area contributed by atoms with Crippen LogP contribution in [0.15, 0.2) is 24.4 Å². The zero-order valence-corrected chi connectivity index (χ0v) is 16.8. The van der Waals surface area contributed by atoms with Crippen molar-refractivity contribution in [1.29, 1.82) is 0 Å². The number of rotatable bonds is 6. The molecular formula is C17H24Cl2F2N6O. The lowest BCUT2D eigenvalue weighted by Gasteiger charge is -2.33. The van der Waals surface area contributed by atoms with E-state index in [1.165, 1.54) is 6.07 Å². The molecule has 3 rings (SSSR count). The Morgan fingerprint density at radius 2 is 2.07 bits per heavy atom. The second-order valence-corrected chi connectivity index (χ2v) is 6.37. The number of hydrogen-bond donors (Lipinski definition) is 2. The highest BCUT2D eigenvalue weighted by atomic mass is 35.5. The minimum atomic E-state index is -0.896. The Morgan fingerprint density at radius 3 is 2.79 bits per heavy atom. The molecule has 7 nitrogen and oxygen atoms in total. The van der Waals surface area contributed by atoms with E-state index in [0.717, 1.165) is 31.4 Å². The summed E-state index contributed by atoms with van der Waals surface area (Å²) in [5, 5.41) is 11.1. The number of likely N-dealkylation sites (tertiary alicyclic amines) is 1. The predicted molar refractivity (Wildman–Crippen MR) is 107 cm³/mol. The normalized spacial score (nSPS) is 16.1. The first-order valence-electron chi connectivity index (χ1n) is 8.68. The summed E-state index contributed by atoms with van der Waals surface area (Å²) in [5.74, 6) is -1.96. The highest BCUT2D eigenvalue weighted by molar-refractivity contribution is 5.92. The van der Waals surface area contributed by atoms with Crippen molar-refractivity contribution in [2.75, 3.05) is 25.0 Å². The Labute approximate surface area is 174 Å². The van der Waals surface area contributed by atoms with Gasteiger partial charge in [0.2, 0.25) is 0 Å². The van der Waals surface area contributed by atoms with Gasteiger partial charge in [-0.05, 0) is 37.9 Å². The number of amides is 1. The van der Waals surface area contributed by atoms with E-state index < -0.39 is 11.6 Å². The van der Waals surface area contributed by atoms with Crippen molar-refractivity contribution >= 4 is 36.4 Å². The molecule has 28 heavy (non-hydrogen) atoms. The molecule has 1 fully saturated rings. The van der Waals surface area contributed by atoms with Crippen molar-refractivity contribution in [3.05, 3.63) is 41.7 Å². The average molecular weight is 437 g/mol. The largest absolute Gasteiger partial charge is 0.380 e. The molecule has 1 aromatic heterocycles. The zero-order valence-electron chi connectivity index (χ0n) is 15.2. The molecule has 11 heteroatoms. The van der Waals surface area contributed by atoms with Crippen molar-refractivity contribution in [2.24, 2.45) is 5.73 Å². The van der Waals surface area contributed by atoms with Crippen LogP contribution in [0.2, 0.25) is 0 Å². The number of nitrogens with two attached hydrogens (primary N) is 1. The highest BCUT2D eigenvalue weighted by Crippen LogP contribution is 2.19. The molecule has 1 aliphatic heterocycles. The van der Waals surface area contributed by atoms with E-state index in [9.17, 15) is 13.6 Å². The molecule has 1 aromatic carbocycles. The fourth-order valence-corrected chi connectivity index (χ4v) is 3.02. The monoisotopic (exact) mass is 436 g/mol. The summed E-state index contributed by atoms with van der Waals surface area (Å²) in [6.07, 6.45) is 4.05. The molecule has 1 unspecified atom stereocenters. The van der Waals surface area contributed by atoms with E-state index >= 15 is 0 Å². The van der Waals surface area contributed by atoms with Gasteiger partial charge in [0.05, 0.1) is 6.20 Å². The van der Waals surface area contributed by atoms with Crippen LogP contribution in [0.4, 0.5) is 14.5 Å². The van der Waals surface area contributed by atoms with Gasteiger partial charge in [-0.1, -0.05) is 5.21 Å². The average Bonchev–Trinajstić information content (AvgIpc) is 3.11. The molecule has 1 atom stereocenters. The lowest BCUT2D eigenvalue weighted by Crippen LogP contribution is -2.45. The molecule has 156 valence electrons. The summed E-state index contributed by atoms with van der Waals surface area (Å²) in [4.78, 5) is 14.3. The molecule has 1 saturated heterocycles. The van der Waals surface area contributed by atoms with Gasteiger partial charge in [0.15, 0.2) is 17.3 Å². The van der Waals surface area contributed by atoms with Crippen LogP contribution in [-0.4, -0.2) is 51.5 Å². The number of anilines is 1. The smallest absolute Gasteiger partial charge is 0.276 e. The number of carbonyl (C=O) groups excluding carboxylic acids is 1. The maximum Gasteiger partial charge on any atom is 0.276 e. The van der Waals surface area contributed by atoms with Crippen LogP contribution in [0.25, 0.3) is 0 Å². The molecule has 2 aromatic rings. The van der Waals surface area contributed by atoms with E-state index in [1.807, 2.05) is 0 Å². The Balaban J connectivity index is 0.00000196. The van der Waals surface area contributed by atoms with E-state index in [1.54, 1.807) is 15.8 Å². The first-order chi connectivity index (χ1) is 12.6. The third-order valence-electron chi connectivity index (χ3n) is 4.35. The molecule has 0 bridgehead atoms. The molecule has 1 amide bonds. The van der Waals surface area contributed by atoms with Crippen molar-refractivity contribution in [1.82, 2.24) is 19.9 Å². The van der Waals surface area contributed by atoms with Crippen LogP contribution in [0.5, 0.6) is 0 Å². The summed E-state index contributed by atoms with van der Waals surface area (Å²) in [6, 6.07) is 3.66. The van der Waals surface area contributed by atoms with Crippen LogP contribution < -0.4 is 11.1 Å². The topological polar surface area (TPSA) is 89.1 Å². The summed E-state index contributed by atoms with van der Waals surface area (Å²) < 4.78 is 28.0. The Kier molecular flexibility index (Phi) is 9.57. The quantitative estimate of drug-likeness (QED) is 0.725. The van der Waals surface area contributed by atoms with Gasteiger partial charge in [0.1, 0.15) is 0 Å². The van der Waals surface area contributed by atoms with Crippen molar-refractivity contribution in [3.63, 3.8) is 0 Å². The fourth-order valence-electron chi connectivity index (χ4n) is 3.02. The second kappa shape index (κ2) is 11.1. The Hall–Kier alpha value is -1.97. The Morgan fingerprint density at radius 1 is 1.29 bits per heavy atom. The van der Waals surface area contributed by atoms with Gasteiger partial charge in [-0.3, -0.25) is 9.48 Å².